The minimum Gasteiger partial charge on any atom is -0.313 e. The van der Waals surface area contributed by atoms with Gasteiger partial charge in [-0.1, -0.05) is 18.6 Å². The maximum atomic E-state index is 4.00. The van der Waals surface area contributed by atoms with E-state index >= 15 is 0 Å². The van der Waals surface area contributed by atoms with E-state index in [1.165, 1.54) is 31.3 Å². The highest BCUT2D eigenvalue weighted by atomic mass is 14.9. The largest absolute Gasteiger partial charge is 0.313 e. The molecule has 0 aromatic rings. The second kappa shape index (κ2) is 3.02. The van der Waals surface area contributed by atoms with Gasteiger partial charge in [0.05, 0.1) is 0 Å². The lowest BCUT2D eigenvalue weighted by atomic mass is 9.91. The molecule has 1 aliphatic carbocycles. The Hall–Kier alpha value is -0.300. The average molecular weight is 125 g/mol. The molecule has 1 N–H and O–H groups in total. The molecule has 1 aliphatic rings. The number of likely N-dealkylation sites (N-methyl/N-ethyl adjacent to an activating group) is 1. The second-order valence-corrected chi connectivity index (χ2v) is 2.75. The highest BCUT2D eigenvalue weighted by Gasteiger charge is 2.13. The van der Waals surface area contributed by atoms with Crippen molar-refractivity contribution in [1.82, 2.24) is 5.32 Å². The maximum absolute atomic E-state index is 4.00. The first kappa shape index (κ1) is 6.81. The molecule has 0 amide bonds. The molecule has 0 aromatic heterocycles. The van der Waals surface area contributed by atoms with Gasteiger partial charge in [0.15, 0.2) is 0 Å². The summed E-state index contributed by atoms with van der Waals surface area (Å²) in [5, 5.41) is 3.25. The van der Waals surface area contributed by atoms with Crippen molar-refractivity contribution >= 4 is 0 Å². The Balaban J connectivity index is 2.39. The lowest BCUT2D eigenvalue weighted by molar-refractivity contribution is 0.484. The Bertz CT molecular complexity index is 107. The molecule has 0 saturated heterocycles. The summed E-state index contributed by atoms with van der Waals surface area (Å²) in [5.41, 5.74) is 1.39. The number of hydrogen-bond acceptors (Lipinski definition) is 1. The molecule has 0 bridgehead atoms. The summed E-state index contributed by atoms with van der Waals surface area (Å²) in [6, 6.07) is 0.610. The molecule has 1 unspecified atom stereocenters. The Morgan fingerprint density at radius 1 is 1.56 bits per heavy atom. The van der Waals surface area contributed by atoms with Gasteiger partial charge in [0.25, 0.3) is 0 Å². The topological polar surface area (TPSA) is 12.0 Å². The lowest BCUT2D eigenvalue weighted by Gasteiger charge is -2.23. The molecule has 1 heteroatoms. The normalized spacial score (nSPS) is 28.6. The van der Waals surface area contributed by atoms with Crippen LogP contribution >= 0.6 is 0 Å². The van der Waals surface area contributed by atoms with Crippen LogP contribution in [0.1, 0.15) is 25.7 Å². The van der Waals surface area contributed by atoms with Gasteiger partial charge in [-0.25, -0.2) is 0 Å². The van der Waals surface area contributed by atoms with Crippen LogP contribution in [0.25, 0.3) is 0 Å². The lowest BCUT2D eigenvalue weighted by Crippen LogP contribution is -2.29. The van der Waals surface area contributed by atoms with Crippen molar-refractivity contribution < 1.29 is 0 Å². The highest BCUT2D eigenvalue weighted by Crippen LogP contribution is 2.21. The Morgan fingerprint density at radius 2 is 2.33 bits per heavy atom. The first-order valence-corrected chi connectivity index (χ1v) is 3.69. The molecule has 1 atom stereocenters. The highest BCUT2D eigenvalue weighted by molar-refractivity contribution is 5.07. The van der Waals surface area contributed by atoms with E-state index in [4.69, 9.17) is 0 Å². The van der Waals surface area contributed by atoms with Crippen molar-refractivity contribution in [1.29, 1.82) is 0 Å². The summed E-state index contributed by atoms with van der Waals surface area (Å²) >= 11 is 0. The molecule has 1 saturated carbocycles. The fourth-order valence-electron chi connectivity index (χ4n) is 1.43. The minimum atomic E-state index is 0.610. The summed E-state index contributed by atoms with van der Waals surface area (Å²) in [6.07, 6.45) is 5.22. The third-order valence-electron chi connectivity index (χ3n) is 2.08. The number of nitrogens with one attached hydrogen (secondary N) is 1. The van der Waals surface area contributed by atoms with Crippen LogP contribution in [0, 0.1) is 0 Å². The molecule has 0 heterocycles. The third kappa shape index (κ3) is 1.55. The standard InChI is InChI=1S/C8H15N/c1-7-5-3-4-6-8(7)9-2/h8-9H,1,3-6H2,2H3. The van der Waals surface area contributed by atoms with Gasteiger partial charge in [0.1, 0.15) is 0 Å². The Kier molecular flexibility index (Phi) is 2.29. The van der Waals surface area contributed by atoms with Crippen molar-refractivity contribution in [3.05, 3.63) is 12.2 Å². The van der Waals surface area contributed by atoms with Crippen molar-refractivity contribution in [3.8, 4) is 0 Å². The van der Waals surface area contributed by atoms with E-state index in [1.54, 1.807) is 0 Å². The molecule has 9 heavy (non-hydrogen) atoms. The molecule has 0 aromatic carbocycles. The van der Waals surface area contributed by atoms with E-state index in [0.29, 0.717) is 6.04 Å². The van der Waals surface area contributed by atoms with Crippen LogP contribution in [0.2, 0.25) is 0 Å². The Labute approximate surface area is 57.1 Å². The van der Waals surface area contributed by atoms with Crippen LogP contribution in [0.4, 0.5) is 0 Å². The number of hydrogen-bond donors (Lipinski definition) is 1. The van der Waals surface area contributed by atoms with E-state index in [2.05, 4.69) is 11.9 Å². The van der Waals surface area contributed by atoms with Crippen LogP contribution in [0.15, 0.2) is 12.2 Å². The van der Waals surface area contributed by atoms with Gasteiger partial charge in [-0.15, -0.1) is 0 Å². The molecular formula is C8H15N. The van der Waals surface area contributed by atoms with Gasteiger partial charge in [-0.3, -0.25) is 0 Å². The van der Waals surface area contributed by atoms with Gasteiger partial charge < -0.3 is 5.32 Å². The van der Waals surface area contributed by atoms with Crippen LogP contribution in [-0.4, -0.2) is 13.1 Å². The Morgan fingerprint density at radius 3 is 2.78 bits per heavy atom. The van der Waals surface area contributed by atoms with Gasteiger partial charge in [0, 0.05) is 6.04 Å². The predicted molar refractivity (Wildman–Crippen MR) is 40.5 cm³/mol. The smallest absolute Gasteiger partial charge is 0.0274 e. The maximum Gasteiger partial charge on any atom is 0.0274 e. The fourth-order valence-corrected chi connectivity index (χ4v) is 1.43. The van der Waals surface area contributed by atoms with Crippen LogP contribution in [0.3, 0.4) is 0 Å². The summed E-state index contributed by atoms with van der Waals surface area (Å²) < 4.78 is 0. The molecule has 52 valence electrons. The number of rotatable bonds is 1. The molecular weight excluding hydrogens is 110 g/mol. The van der Waals surface area contributed by atoms with E-state index in [-0.39, 0.29) is 0 Å². The van der Waals surface area contributed by atoms with Gasteiger partial charge >= 0.3 is 0 Å². The summed E-state index contributed by atoms with van der Waals surface area (Å²) in [6.45, 7) is 4.00. The fraction of sp³-hybridized carbons (Fsp3) is 0.750. The van der Waals surface area contributed by atoms with Gasteiger partial charge in [-0.2, -0.15) is 0 Å². The van der Waals surface area contributed by atoms with Crippen LogP contribution in [0.5, 0.6) is 0 Å². The monoisotopic (exact) mass is 125 g/mol. The van der Waals surface area contributed by atoms with Crippen molar-refractivity contribution in [2.75, 3.05) is 7.05 Å². The summed E-state index contributed by atoms with van der Waals surface area (Å²) in [7, 11) is 2.02. The zero-order valence-corrected chi connectivity index (χ0v) is 6.11. The molecule has 1 nitrogen and oxygen atoms in total. The van der Waals surface area contributed by atoms with Crippen molar-refractivity contribution in [2.24, 2.45) is 0 Å². The van der Waals surface area contributed by atoms with E-state index in [0.717, 1.165) is 0 Å². The third-order valence-corrected chi connectivity index (χ3v) is 2.08. The van der Waals surface area contributed by atoms with E-state index < -0.39 is 0 Å². The predicted octanol–water partition coefficient (Wildman–Crippen LogP) is 1.70. The van der Waals surface area contributed by atoms with Gasteiger partial charge in [0.2, 0.25) is 0 Å². The SMILES string of the molecule is C=C1CCCCC1NC. The molecule has 0 aliphatic heterocycles. The molecule has 1 fully saturated rings. The first-order valence-electron chi connectivity index (χ1n) is 3.69. The summed E-state index contributed by atoms with van der Waals surface area (Å²) in [5.74, 6) is 0. The minimum absolute atomic E-state index is 0.610. The average Bonchev–Trinajstić information content (AvgIpc) is 1.89. The van der Waals surface area contributed by atoms with Crippen molar-refractivity contribution in [2.45, 2.75) is 31.7 Å². The van der Waals surface area contributed by atoms with E-state index in [9.17, 15) is 0 Å². The molecule has 1 rings (SSSR count). The zero-order valence-electron chi connectivity index (χ0n) is 6.11. The van der Waals surface area contributed by atoms with Crippen LogP contribution in [-0.2, 0) is 0 Å². The van der Waals surface area contributed by atoms with Crippen LogP contribution < -0.4 is 5.32 Å². The second-order valence-electron chi connectivity index (χ2n) is 2.75. The zero-order chi connectivity index (χ0) is 6.69. The quantitative estimate of drug-likeness (QED) is 0.526. The summed E-state index contributed by atoms with van der Waals surface area (Å²) in [4.78, 5) is 0. The van der Waals surface area contributed by atoms with E-state index in [1.807, 2.05) is 7.05 Å². The first-order chi connectivity index (χ1) is 4.34. The molecule has 0 radical (unpaired) electrons. The van der Waals surface area contributed by atoms with Crippen molar-refractivity contribution in [3.63, 3.8) is 0 Å². The molecule has 0 spiro atoms. The van der Waals surface area contributed by atoms with Gasteiger partial charge in [-0.05, 0) is 26.3 Å².